The topological polar surface area (TPSA) is 58.6 Å². The van der Waals surface area contributed by atoms with Crippen LogP contribution >= 0.6 is 11.6 Å². The summed E-state index contributed by atoms with van der Waals surface area (Å²) in [5.74, 6) is 0.0928. The van der Waals surface area contributed by atoms with Gasteiger partial charge in [0, 0.05) is 18.5 Å². The number of nitrogens with zero attached hydrogens (tertiary/aromatic N) is 1. The van der Waals surface area contributed by atoms with Crippen LogP contribution in [-0.2, 0) is 16.1 Å². The van der Waals surface area contributed by atoms with Gasteiger partial charge in [0.15, 0.2) is 0 Å². The summed E-state index contributed by atoms with van der Waals surface area (Å²) in [6.45, 7) is 5.46. The predicted molar refractivity (Wildman–Crippen MR) is 103 cm³/mol. The van der Waals surface area contributed by atoms with Crippen LogP contribution in [0.15, 0.2) is 48.5 Å². The number of para-hydroxylation sites is 2. The SMILES string of the molecule is CC(=O)N(CC(=O)Nc1ccccc1OC(C)C)Cc1ccccc1Cl. The van der Waals surface area contributed by atoms with Crippen molar-refractivity contribution in [2.75, 3.05) is 11.9 Å². The highest BCUT2D eigenvalue weighted by Gasteiger charge is 2.17. The summed E-state index contributed by atoms with van der Waals surface area (Å²) in [5, 5.41) is 3.38. The molecule has 0 aromatic heterocycles. The summed E-state index contributed by atoms with van der Waals surface area (Å²) >= 11 is 6.15. The fraction of sp³-hybridized carbons (Fsp3) is 0.300. The van der Waals surface area contributed by atoms with E-state index in [4.69, 9.17) is 16.3 Å². The third-order valence-corrected chi connectivity index (χ3v) is 3.99. The fourth-order valence-electron chi connectivity index (χ4n) is 2.40. The number of halogens is 1. The van der Waals surface area contributed by atoms with E-state index in [2.05, 4.69) is 5.32 Å². The zero-order valence-corrected chi connectivity index (χ0v) is 15.9. The number of anilines is 1. The van der Waals surface area contributed by atoms with E-state index in [1.807, 2.05) is 44.2 Å². The Hall–Kier alpha value is -2.53. The monoisotopic (exact) mass is 374 g/mol. The number of rotatable bonds is 7. The molecule has 2 aromatic rings. The van der Waals surface area contributed by atoms with E-state index in [1.165, 1.54) is 11.8 Å². The lowest BCUT2D eigenvalue weighted by Gasteiger charge is -2.22. The lowest BCUT2D eigenvalue weighted by atomic mass is 10.2. The maximum absolute atomic E-state index is 12.4. The predicted octanol–water partition coefficient (Wildman–Crippen LogP) is 4.11. The molecule has 0 bridgehead atoms. The van der Waals surface area contributed by atoms with Crippen LogP contribution in [0.4, 0.5) is 5.69 Å². The quantitative estimate of drug-likeness (QED) is 0.793. The van der Waals surface area contributed by atoms with Crippen molar-refractivity contribution in [3.05, 3.63) is 59.1 Å². The zero-order chi connectivity index (χ0) is 19.1. The molecule has 26 heavy (non-hydrogen) atoms. The summed E-state index contributed by atoms with van der Waals surface area (Å²) in [4.78, 5) is 25.8. The number of carbonyl (C=O) groups is 2. The van der Waals surface area contributed by atoms with Crippen molar-refractivity contribution < 1.29 is 14.3 Å². The first-order valence-electron chi connectivity index (χ1n) is 8.41. The summed E-state index contributed by atoms with van der Waals surface area (Å²) in [6.07, 6.45) is -0.0120. The van der Waals surface area contributed by atoms with Gasteiger partial charge in [-0.15, -0.1) is 0 Å². The zero-order valence-electron chi connectivity index (χ0n) is 15.2. The van der Waals surface area contributed by atoms with Crippen LogP contribution < -0.4 is 10.1 Å². The molecular formula is C20H23ClN2O3. The molecule has 2 amide bonds. The van der Waals surface area contributed by atoms with Crippen LogP contribution in [0.1, 0.15) is 26.3 Å². The van der Waals surface area contributed by atoms with Gasteiger partial charge in [0.25, 0.3) is 0 Å². The van der Waals surface area contributed by atoms with Gasteiger partial charge >= 0.3 is 0 Å². The average molecular weight is 375 g/mol. The number of carbonyl (C=O) groups excluding carboxylic acids is 2. The summed E-state index contributed by atoms with van der Waals surface area (Å²) in [7, 11) is 0. The van der Waals surface area contributed by atoms with Crippen LogP contribution in [0, 0.1) is 0 Å². The van der Waals surface area contributed by atoms with Crippen LogP contribution in [-0.4, -0.2) is 29.4 Å². The van der Waals surface area contributed by atoms with Crippen molar-refractivity contribution in [1.29, 1.82) is 0 Å². The van der Waals surface area contributed by atoms with Gasteiger partial charge in [-0.25, -0.2) is 0 Å². The van der Waals surface area contributed by atoms with E-state index in [9.17, 15) is 9.59 Å². The van der Waals surface area contributed by atoms with Crippen molar-refractivity contribution in [2.24, 2.45) is 0 Å². The Bertz CT molecular complexity index is 777. The van der Waals surface area contributed by atoms with Gasteiger partial charge in [0.1, 0.15) is 12.3 Å². The Morgan fingerprint density at radius 1 is 1.12 bits per heavy atom. The highest BCUT2D eigenvalue weighted by molar-refractivity contribution is 6.31. The summed E-state index contributed by atoms with van der Waals surface area (Å²) < 4.78 is 5.70. The first-order valence-corrected chi connectivity index (χ1v) is 8.79. The van der Waals surface area contributed by atoms with Crippen molar-refractivity contribution >= 4 is 29.1 Å². The molecule has 0 atom stereocenters. The van der Waals surface area contributed by atoms with Gasteiger partial charge in [0.05, 0.1) is 11.8 Å². The van der Waals surface area contributed by atoms with Crippen molar-refractivity contribution in [2.45, 2.75) is 33.4 Å². The lowest BCUT2D eigenvalue weighted by Crippen LogP contribution is -2.36. The average Bonchev–Trinajstić information content (AvgIpc) is 2.57. The standard InChI is InChI=1S/C20H23ClN2O3/c1-14(2)26-19-11-7-6-10-18(19)22-20(25)13-23(15(3)24)12-16-8-4-5-9-17(16)21/h4-11,14H,12-13H2,1-3H3,(H,22,25). The Morgan fingerprint density at radius 2 is 1.77 bits per heavy atom. The third-order valence-electron chi connectivity index (χ3n) is 3.62. The molecule has 138 valence electrons. The number of amides is 2. The lowest BCUT2D eigenvalue weighted by molar-refractivity contribution is -0.133. The Kier molecular flexibility index (Phi) is 7.04. The Labute approximate surface area is 158 Å². The molecule has 0 aliphatic rings. The second-order valence-corrected chi connectivity index (χ2v) is 6.58. The van der Waals surface area contributed by atoms with Gasteiger partial charge in [-0.05, 0) is 37.6 Å². The molecule has 0 spiro atoms. The molecule has 5 nitrogen and oxygen atoms in total. The first-order chi connectivity index (χ1) is 12.4. The molecule has 0 saturated heterocycles. The minimum absolute atomic E-state index is 0.0120. The molecule has 0 aliphatic carbocycles. The molecule has 0 unspecified atom stereocenters. The van der Waals surface area contributed by atoms with Crippen LogP contribution in [0.5, 0.6) is 5.75 Å². The van der Waals surface area contributed by atoms with E-state index in [0.717, 1.165) is 5.56 Å². The van der Waals surface area contributed by atoms with Crippen molar-refractivity contribution in [3.63, 3.8) is 0 Å². The molecule has 6 heteroatoms. The van der Waals surface area contributed by atoms with Crippen LogP contribution in [0.3, 0.4) is 0 Å². The van der Waals surface area contributed by atoms with Gasteiger partial charge in [-0.3, -0.25) is 9.59 Å². The van der Waals surface area contributed by atoms with Gasteiger partial charge in [-0.2, -0.15) is 0 Å². The van der Waals surface area contributed by atoms with Crippen LogP contribution in [0.2, 0.25) is 5.02 Å². The number of hydrogen-bond donors (Lipinski definition) is 1. The fourth-order valence-corrected chi connectivity index (χ4v) is 2.60. The molecule has 0 radical (unpaired) electrons. The van der Waals surface area contributed by atoms with E-state index >= 15 is 0 Å². The highest BCUT2D eigenvalue weighted by Crippen LogP contribution is 2.25. The molecule has 2 rings (SSSR count). The van der Waals surface area contributed by atoms with Crippen molar-refractivity contribution in [3.8, 4) is 5.75 Å². The first kappa shape index (κ1) is 19.8. The molecule has 2 aromatic carbocycles. The van der Waals surface area contributed by atoms with Crippen LogP contribution in [0.25, 0.3) is 0 Å². The van der Waals surface area contributed by atoms with E-state index in [1.54, 1.807) is 18.2 Å². The minimum atomic E-state index is -0.299. The maximum atomic E-state index is 12.4. The molecule has 0 fully saturated rings. The number of hydrogen-bond acceptors (Lipinski definition) is 3. The Morgan fingerprint density at radius 3 is 2.42 bits per heavy atom. The summed E-state index contributed by atoms with van der Waals surface area (Å²) in [5.41, 5.74) is 1.37. The highest BCUT2D eigenvalue weighted by atomic mass is 35.5. The second-order valence-electron chi connectivity index (χ2n) is 6.18. The van der Waals surface area contributed by atoms with E-state index in [0.29, 0.717) is 16.5 Å². The minimum Gasteiger partial charge on any atom is -0.489 e. The molecular weight excluding hydrogens is 352 g/mol. The smallest absolute Gasteiger partial charge is 0.244 e. The summed E-state index contributed by atoms with van der Waals surface area (Å²) in [6, 6.07) is 14.5. The second kappa shape index (κ2) is 9.25. The van der Waals surface area contributed by atoms with Gasteiger partial charge in [0.2, 0.25) is 11.8 Å². The van der Waals surface area contributed by atoms with Gasteiger partial charge in [-0.1, -0.05) is 41.9 Å². The third kappa shape index (κ3) is 5.77. The Balaban J connectivity index is 2.07. The normalized spacial score (nSPS) is 10.5. The van der Waals surface area contributed by atoms with E-state index in [-0.39, 0.29) is 31.0 Å². The van der Waals surface area contributed by atoms with Gasteiger partial charge < -0.3 is 15.0 Å². The van der Waals surface area contributed by atoms with E-state index < -0.39 is 0 Å². The molecule has 0 heterocycles. The number of benzene rings is 2. The number of nitrogens with one attached hydrogen (secondary N) is 1. The molecule has 0 aliphatic heterocycles. The maximum Gasteiger partial charge on any atom is 0.244 e. The largest absolute Gasteiger partial charge is 0.489 e. The van der Waals surface area contributed by atoms with Crippen molar-refractivity contribution in [1.82, 2.24) is 4.90 Å². The molecule has 0 saturated carbocycles. The molecule has 1 N–H and O–H groups in total. The number of ether oxygens (including phenoxy) is 1.